The molecule has 116 valence electrons. The highest BCUT2D eigenvalue weighted by molar-refractivity contribution is 5.76. The fourth-order valence-electron chi connectivity index (χ4n) is 2.41. The Morgan fingerprint density at radius 2 is 2.14 bits per heavy atom. The Balaban J connectivity index is 1.99. The van der Waals surface area contributed by atoms with Crippen LogP contribution in [0.1, 0.15) is 31.4 Å². The SMILES string of the molecule is CCOC(=O)C(O)c1cccc(OC2CCN(C)CC2)c1. The van der Waals surface area contributed by atoms with Gasteiger partial charge in [0.2, 0.25) is 0 Å². The van der Waals surface area contributed by atoms with Crippen molar-refractivity contribution < 1.29 is 19.4 Å². The Kier molecular flexibility index (Phi) is 5.59. The van der Waals surface area contributed by atoms with Crippen LogP contribution in [-0.4, -0.2) is 48.8 Å². The number of rotatable bonds is 5. The lowest BCUT2D eigenvalue weighted by molar-refractivity contribution is -0.153. The monoisotopic (exact) mass is 293 g/mol. The van der Waals surface area contributed by atoms with Crippen molar-refractivity contribution in [3.63, 3.8) is 0 Å². The molecule has 1 aromatic carbocycles. The Morgan fingerprint density at radius 1 is 1.43 bits per heavy atom. The largest absolute Gasteiger partial charge is 0.490 e. The number of carbonyl (C=O) groups is 1. The van der Waals surface area contributed by atoms with Crippen molar-refractivity contribution in [2.24, 2.45) is 0 Å². The Bertz CT molecular complexity index is 469. The lowest BCUT2D eigenvalue weighted by atomic mass is 10.1. The summed E-state index contributed by atoms with van der Waals surface area (Å²) in [6, 6.07) is 7.03. The van der Waals surface area contributed by atoms with Crippen LogP contribution in [0.5, 0.6) is 5.75 Å². The zero-order valence-corrected chi connectivity index (χ0v) is 12.6. The van der Waals surface area contributed by atoms with Gasteiger partial charge in [0.1, 0.15) is 11.9 Å². The molecule has 5 nitrogen and oxygen atoms in total. The molecule has 2 rings (SSSR count). The smallest absolute Gasteiger partial charge is 0.339 e. The van der Waals surface area contributed by atoms with Crippen molar-refractivity contribution in [3.8, 4) is 5.75 Å². The van der Waals surface area contributed by atoms with Gasteiger partial charge in [-0.05, 0) is 44.5 Å². The summed E-state index contributed by atoms with van der Waals surface area (Å²) in [5, 5.41) is 9.95. The number of hydrogen-bond acceptors (Lipinski definition) is 5. The molecule has 1 N–H and O–H groups in total. The second-order valence-electron chi connectivity index (χ2n) is 5.35. The van der Waals surface area contributed by atoms with Crippen LogP contribution in [0.15, 0.2) is 24.3 Å². The lowest BCUT2D eigenvalue weighted by Crippen LogP contribution is -2.35. The molecule has 1 saturated heterocycles. The number of aliphatic hydroxyl groups excluding tert-OH is 1. The molecule has 0 aliphatic carbocycles. The van der Waals surface area contributed by atoms with E-state index in [4.69, 9.17) is 9.47 Å². The van der Waals surface area contributed by atoms with Gasteiger partial charge in [-0.2, -0.15) is 0 Å². The molecule has 0 spiro atoms. The van der Waals surface area contributed by atoms with Gasteiger partial charge in [0.15, 0.2) is 6.10 Å². The number of benzene rings is 1. The molecular formula is C16H23NO4. The molecule has 1 aliphatic heterocycles. The number of likely N-dealkylation sites (tertiary alicyclic amines) is 1. The van der Waals surface area contributed by atoms with Crippen LogP contribution in [0.4, 0.5) is 0 Å². The molecule has 21 heavy (non-hydrogen) atoms. The maximum Gasteiger partial charge on any atom is 0.339 e. The quantitative estimate of drug-likeness (QED) is 0.838. The van der Waals surface area contributed by atoms with E-state index >= 15 is 0 Å². The molecule has 0 saturated carbocycles. The highest BCUT2D eigenvalue weighted by atomic mass is 16.5. The molecule has 0 bridgehead atoms. The average Bonchev–Trinajstić information content (AvgIpc) is 2.49. The van der Waals surface area contributed by atoms with Crippen LogP contribution in [0.2, 0.25) is 0 Å². The van der Waals surface area contributed by atoms with Gasteiger partial charge in [0, 0.05) is 13.1 Å². The number of carbonyl (C=O) groups excluding carboxylic acids is 1. The van der Waals surface area contributed by atoms with Gasteiger partial charge < -0.3 is 19.5 Å². The van der Waals surface area contributed by atoms with Crippen molar-refractivity contribution in [1.29, 1.82) is 0 Å². The number of hydrogen-bond donors (Lipinski definition) is 1. The van der Waals surface area contributed by atoms with Gasteiger partial charge in [-0.25, -0.2) is 4.79 Å². The summed E-state index contributed by atoms with van der Waals surface area (Å²) in [5.41, 5.74) is 0.499. The van der Waals surface area contributed by atoms with Crippen LogP contribution < -0.4 is 4.74 Å². The van der Waals surface area contributed by atoms with E-state index in [1.165, 1.54) is 0 Å². The summed E-state index contributed by atoms with van der Waals surface area (Å²) >= 11 is 0. The topological polar surface area (TPSA) is 59.0 Å². The first-order chi connectivity index (χ1) is 10.1. The first-order valence-electron chi connectivity index (χ1n) is 7.40. The summed E-state index contributed by atoms with van der Waals surface area (Å²) in [6.07, 6.45) is 0.907. The molecule has 0 amide bonds. The van der Waals surface area contributed by atoms with Crippen molar-refractivity contribution >= 4 is 5.97 Å². The standard InChI is InChI=1S/C16H23NO4/c1-3-20-16(19)15(18)12-5-4-6-14(11-12)21-13-7-9-17(2)10-8-13/h4-6,11,13,15,18H,3,7-10H2,1-2H3. The number of esters is 1. The first-order valence-corrected chi connectivity index (χ1v) is 7.40. The van der Waals surface area contributed by atoms with E-state index in [1.807, 2.05) is 6.07 Å². The number of nitrogens with zero attached hydrogens (tertiary/aromatic N) is 1. The van der Waals surface area contributed by atoms with Crippen LogP contribution in [0.3, 0.4) is 0 Å². The molecule has 0 aromatic heterocycles. The summed E-state index contributed by atoms with van der Waals surface area (Å²) in [6.45, 7) is 4.01. The van der Waals surface area contributed by atoms with Gasteiger partial charge in [0.25, 0.3) is 0 Å². The number of ether oxygens (including phenoxy) is 2. The third kappa shape index (κ3) is 4.44. The zero-order chi connectivity index (χ0) is 15.2. The molecular weight excluding hydrogens is 270 g/mol. The van der Waals surface area contributed by atoms with E-state index in [9.17, 15) is 9.90 Å². The normalized spacial score (nSPS) is 18.2. The zero-order valence-electron chi connectivity index (χ0n) is 12.6. The summed E-state index contributed by atoms with van der Waals surface area (Å²) in [5.74, 6) is 0.0549. The van der Waals surface area contributed by atoms with Gasteiger partial charge >= 0.3 is 5.97 Å². The van der Waals surface area contributed by atoms with Crippen molar-refractivity contribution in [2.45, 2.75) is 32.0 Å². The molecule has 1 aliphatic rings. The highest BCUT2D eigenvalue weighted by Gasteiger charge is 2.21. The molecule has 1 heterocycles. The number of aliphatic hydroxyl groups is 1. The van der Waals surface area contributed by atoms with Crippen molar-refractivity contribution in [2.75, 3.05) is 26.7 Å². The van der Waals surface area contributed by atoms with E-state index in [-0.39, 0.29) is 12.7 Å². The van der Waals surface area contributed by atoms with E-state index in [0.29, 0.717) is 11.3 Å². The minimum Gasteiger partial charge on any atom is -0.490 e. The number of piperidine rings is 1. The van der Waals surface area contributed by atoms with E-state index in [0.717, 1.165) is 25.9 Å². The average molecular weight is 293 g/mol. The fraction of sp³-hybridized carbons (Fsp3) is 0.562. The van der Waals surface area contributed by atoms with Gasteiger partial charge in [-0.15, -0.1) is 0 Å². The molecule has 1 unspecified atom stereocenters. The minimum absolute atomic E-state index is 0.191. The van der Waals surface area contributed by atoms with E-state index < -0.39 is 12.1 Å². The molecule has 1 aromatic rings. The van der Waals surface area contributed by atoms with E-state index in [1.54, 1.807) is 25.1 Å². The minimum atomic E-state index is -1.26. The maximum absolute atomic E-state index is 11.6. The fourth-order valence-corrected chi connectivity index (χ4v) is 2.41. The second-order valence-corrected chi connectivity index (χ2v) is 5.35. The molecule has 1 atom stereocenters. The van der Waals surface area contributed by atoms with Crippen LogP contribution in [0, 0.1) is 0 Å². The summed E-state index contributed by atoms with van der Waals surface area (Å²) in [7, 11) is 2.10. The predicted molar refractivity (Wildman–Crippen MR) is 79.2 cm³/mol. The van der Waals surface area contributed by atoms with Crippen LogP contribution >= 0.6 is 0 Å². The Labute approximate surface area is 125 Å². The van der Waals surface area contributed by atoms with Gasteiger partial charge in [-0.3, -0.25) is 0 Å². The third-order valence-electron chi connectivity index (χ3n) is 3.65. The van der Waals surface area contributed by atoms with Gasteiger partial charge in [0.05, 0.1) is 6.61 Å². The summed E-state index contributed by atoms with van der Waals surface area (Å²) in [4.78, 5) is 13.8. The first kappa shape index (κ1) is 15.8. The third-order valence-corrected chi connectivity index (χ3v) is 3.65. The van der Waals surface area contributed by atoms with E-state index in [2.05, 4.69) is 11.9 Å². The predicted octanol–water partition coefficient (Wildman–Crippen LogP) is 1.76. The van der Waals surface area contributed by atoms with Crippen molar-refractivity contribution in [3.05, 3.63) is 29.8 Å². The molecule has 0 radical (unpaired) electrons. The van der Waals surface area contributed by atoms with Crippen molar-refractivity contribution in [1.82, 2.24) is 4.90 Å². The maximum atomic E-state index is 11.6. The Hall–Kier alpha value is -1.59. The summed E-state index contributed by atoms with van der Waals surface area (Å²) < 4.78 is 10.8. The lowest BCUT2D eigenvalue weighted by Gasteiger charge is -2.29. The van der Waals surface area contributed by atoms with Gasteiger partial charge in [-0.1, -0.05) is 12.1 Å². The second kappa shape index (κ2) is 7.43. The van der Waals surface area contributed by atoms with Crippen LogP contribution in [-0.2, 0) is 9.53 Å². The molecule has 1 fully saturated rings. The van der Waals surface area contributed by atoms with Crippen LogP contribution in [0.25, 0.3) is 0 Å². The molecule has 5 heteroatoms. The highest BCUT2D eigenvalue weighted by Crippen LogP contribution is 2.23. The Morgan fingerprint density at radius 3 is 2.81 bits per heavy atom.